The van der Waals surface area contributed by atoms with Crippen molar-refractivity contribution in [2.45, 2.75) is 0 Å². The predicted octanol–water partition coefficient (Wildman–Crippen LogP) is 3.96. The fourth-order valence-electron chi connectivity index (χ4n) is 3.45. The van der Waals surface area contributed by atoms with Crippen LogP contribution in [-0.2, 0) is 0 Å². The van der Waals surface area contributed by atoms with Gasteiger partial charge in [-0.2, -0.15) is 0 Å². The van der Waals surface area contributed by atoms with Crippen LogP contribution in [0.5, 0.6) is 17.2 Å². The van der Waals surface area contributed by atoms with Gasteiger partial charge in [-0.15, -0.1) is 0 Å². The van der Waals surface area contributed by atoms with Gasteiger partial charge in [-0.3, -0.25) is 4.79 Å². The van der Waals surface area contributed by atoms with Gasteiger partial charge in [-0.1, -0.05) is 0 Å². The lowest BCUT2D eigenvalue weighted by atomic mass is 10.0. The number of Topliss-reactive ketones (excluding diaryl/α,β-unsaturated/α-hetero) is 1. The number of nitrogens with zero attached hydrogens (tertiary/aromatic N) is 2. The Morgan fingerprint density at radius 1 is 1.14 bits per heavy atom. The molecule has 4 aromatic rings. The van der Waals surface area contributed by atoms with E-state index in [2.05, 4.69) is 15.0 Å². The molecule has 1 aliphatic heterocycles. The molecule has 0 amide bonds. The summed E-state index contributed by atoms with van der Waals surface area (Å²) in [7, 11) is 1.60. The number of aromatic amines is 1. The molecular formula is C22H15N3O4. The third-order valence-corrected chi connectivity index (χ3v) is 4.84. The number of carbonyl (C=O) groups is 1. The van der Waals surface area contributed by atoms with Gasteiger partial charge >= 0.3 is 0 Å². The summed E-state index contributed by atoms with van der Waals surface area (Å²) in [6, 6.07) is 8.25. The molecule has 0 spiro atoms. The van der Waals surface area contributed by atoms with Gasteiger partial charge in [0.05, 0.1) is 18.2 Å². The lowest BCUT2D eigenvalue weighted by molar-refractivity contribution is 0.101. The Morgan fingerprint density at radius 2 is 1.97 bits per heavy atom. The van der Waals surface area contributed by atoms with Crippen molar-refractivity contribution in [3.8, 4) is 28.4 Å². The summed E-state index contributed by atoms with van der Waals surface area (Å²) in [5, 5.41) is 10.5. The number of hydrogen-bond acceptors (Lipinski definition) is 6. The molecule has 2 aromatic heterocycles. The zero-order valence-electron chi connectivity index (χ0n) is 15.3. The van der Waals surface area contributed by atoms with E-state index in [0.29, 0.717) is 17.1 Å². The number of benzene rings is 2. The second kappa shape index (κ2) is 6.49. The standard InChI is InChI=1S/C22H15N3O4/c1-28-15-6-17-12(4-20-22(27)16-3-2-14(26)5-19(16)29-20)10-25-21(17)18(7-15)13-8-23-11-24-9-13/h2-11,25-26H,1H3. The summed E-state index contributed by atoms with van der Waals surface area (Å²) in [6.45, 7) is 0. The van der Waals surface area contributed by atoms with Gasteiger partial charge in [0, 0.05) is 46.7 Å². The molecule has 7 heteroatoms. The lowest BCUT2D eigenvalue weighted by Gasteiger charge is -2.07. The largest absolute Gasteiger partial charge is 0.508 e. The fraction of sp³-hybridized carbons (Fsp3) is 0.0455. The molecule has 7 nitrogen and oxygen atoms in total. The van der Waals surface area contributed by atoms with Crippen LogP contribution in [0.25, 0.3) is 28.1 Å². The molecule has 0 bridgehead atoms. The zero-order valence-corrected chi connectivity index (χ0v) is 15.3. The SMILES string of the molecule is COc1cc(-c2cncnc2)c2[nH]cc(C=C3Oc4cc(O)ccc4C3=O)c2c1. The molecule has 0 saturated heterocycles. The number of methoxy groups -OCH3 is 1. The van der Waals surface area contributed by atoms with Crippen LogP contribution in [0.15, 0.2) is 61.0 Å². The van der Waals surface area contributed by atoms with Crippen LogP contribution < -0.4 is 9.47 Å². The number of aromatic hydroxyl groups is 1. The summed E-state index contributed by atoms with van der Waals surface area (Å²) in [6.07, 6.45) is 8.42. The number of ether oxygens (including phenoxy) is 2. The van der Waals surface area contributed by atoms with E-state index in [1.54, 1.807) is 31.6 Å². The zero-order chi connectivity index (χ0) is 20.0. The Balaban J connectivity index is 1.64. The minimum absolute atomic E-state index is 0.0457. The molecule has 1 aliphatic rings. The quantitative estimate of drug-likeness (QED) is 0.518. The van der Waals surface area contributed by atoms with Crippen LogP contribution in [-0.4, -0.2) is 33.0 Å². The van der Waals surface area contributed by atoms with E-state index in [0.717, 1.165) is 27.6 Å². The molecule has 0 atom stereocenters. The number of phenols is 1. The van der Waals surface area contributed by atoms with E-state index < -0.39 is 0 Å². The number of fused-ring (bicyclic) bond motifs is 2. The van der Waals surface area contributed by atoms with Crippen LogP contribution in [0.2, 0.25) is 0 Å². The Hall–Kier alpha value is -4.13. The highest BCUT2D eigenvalue weighted by Gasteiger charge is 2.28. The number of phenolic OH excluding ortho intramolecular Hbond substituents is 1. The van der Waals surface area contributed by atoms with E-state index in [9.17, 15) is 9.90 Å². The van der Waals surface area contributed by atoms with Gasteiger partial charge in [0.2, 0.25) is 5.78 Å². The minimum atomic E-state index is -0.228. The summed E-state index contributed by atoms with van der Waals surface area (Å²) in [5.74, 6) is 1.03. The van der Waals surface area contributed by atoms with Gasteiger partial charge in [0.1, 0.15) is 23.6 Å². The summed E-state index contributed by atoms with van der Waals surface area (Å²) in [4.78, 5) is 24.1. The van der Waals surface area contributed by atoms with E-state index >= 15 is 0 Å². The third kappa shape index (κ3) is 2.80. The molecule has 0 unspecified atom stereocenters. The van der Waals surface area contributed by atoms with Gasteiger partial charge in [0.15, 0.2) is 5.76 Å². The first-order valence-electron chi connectivity index (χ1n) is 8.86. The number of ketones is 1. The van der Waals surface area contributed by atoms with Crippen LogP contribution in [0.1, 0.15) is 15.9 Å². The average Bonchev–Trinajstić information content (AvgIpc) is 3.29. The van der Waals surface area contributed by atoms with Crippen LogP contribution in [0.3, 0.4) is 0 Å². The minimum Gasteiger partial charge on any atom is -0.508 e. The molecular weight excluding hydrogens is 370 g/mol. The van der Waals surface area contributed by atoms with Crippen LogP contribution in [0.4, 0.5) is 0 Å². The Labute approximate surface area is 165 Å². The second-order valence-electron chi connectivity index (χ2n) is 6.59. The first-order valence-corrected chi connectivity index (χ1v) is 8.86. The first-order chi connectivity index (χ1) is 14.1. The molecule has 142 valence electrons. The maximum Gasteiger partial charge on any atom is 0.231 e. The van der Waals surface area contributed by atoms with Gasteiger partial charge in [0.25, 0.3) is 0 Å². The molecule has 5 rings (SSSR count). The fourth-order valence-corrected chi connectivity index (χ4v) is 3.45. The maximum absolute atomic E-state index is 12.7. The van der Waals surface area contributed by atoms with Crippen LogP contribution >= 0.6 is 0 Å². The number of H-pyrrole nitrogens is 1. The monoisotopic (exact) mass is 385 g/mol. The van der Waals surface area contributed by atoms with Crippen molar-refractivity contribution in [3.63, 3.8) is 0 Å². The number of hydrogen-bond donors (Lipinski definition) is 2. The molecule has 0 fully saturated rings. The van der Waals surface area contributed by atoms with Gasteiger partial charge in [-0.05, 0) is 30.3 Å². The van der Waals surface area contributed by atoms with Crippen molar-refractivity contribution in [2.24, 2.45) is 0 Å². The third-order valence-electron chi connectivity index (χ3n) is 4.84. The molecule has 0 radical (unpaired) electrons. The van der Waals surface area contributed by atoms with Crippen molar-refractivity contribution in [1.29, 1.82) is 0 Å². The average molecular weight is 385 g/mol. The van der Waals surface area contributed by atoms with E-state index in [-0.39, 0.29) is 17.3 Å². The molecule has 2 N–H and O–H groups in total. The van der Waals surface area contributed by atoms with Crippen molar-refractivity contribution < 1.29 is 19.4 Å². The van der Waals surface area contributed by atoms with Crippen molar-refractivity contribution in [1.82, 2.24) is 15.0 Å². The van der Waals surface area contributed by atoms with Crippen molar-refractivity contribution >= 4 is 22.8 Å². The molecule has 0 saturated carbocycles. The summed E-state index contributed by atoms with van der Waals surface area (Å²) >= 11 is 0. The number of nitrogens with one attached hydrogen (secondary N) is 1. The highest BCUT2D eigenvalue weighted by atomic mass is 16.5. The Morgan fingerprint density at radius 3 is 2.76 bits per heavy atom. The first kappa shape index (κ1) is 17.0. The second-order valence-corrected chi connectivity index (χ2v) is 6.59. The maximum atomic E-state index is 12.7. The van der Waals surface area contributed by atoms with Crippen molar-refractivity contribution in [3.05, 3.63) is 72.1 Å². The molecule has 2 aromatic carbocycles. The van der Waals surface area contributed by atoms with Crippen LogP contribution in [0, 0.1) is 0 Å². The number of rotatable bonds is 3. The highest BCUT2D eigenvalue weighted by Crippen LogP contribution is 2.37. The number of carbonyl (C=O) groups excluding carboxylic acids is 1. The Kier molecular flexibility index (Phi) is 3.80. The molecule has 29 heavy (non-hydrogen) atoms. The lowest BCUT2D eigenvalue weighted by Crippen LogP contribution is -1.97. The predicted molar refractivity (Wildman–Crippen MR) is 107 cm³/mol. The highest BCUT2D eigenvalue weighted by molar-refractivity contribution is 6.15. The molecule has 0 aliphatic carbocycles. The topological polar surface area (TPSA) is 97.3 Å². The summed E-state index contributed by atoms with van der Waals surface area (Å²) in [5.41, 5.74) is 3.80. The Bertz CT molecular complexity index is 1290. The van der Waals surface area contributed by atoms with E-state index in [1.165, 1.54) is 18.5 Å². The summed E-state index contributed by atoms with van der Waals surface area (Å²) < 4.78 is 11.1. The van der Waals surface area contributed by atoms with E-state index in [4.69, 9.17) is 9.47 Å². The number of allylic oxidation sites excluding steroid dienone is 1. The number of aromatic nitrogens is 3. The normalized spacial score (nSPS) is 14.2. The van der Waals surface area contributed by atoms with Gasteiger partial charge in [-0.25, -0.2) is 9.97 Å². The van der Waals surface area contributed by atoms with Crippen molar-refractivity contribution in [2.75, 3.05) is 7.11 Å². The smallest absolute Gasteiger partial charge is 0.231 e. The van der Waals surface area contributed by atoms with Gasteiger partial charge < -0.3 is 19.6 Å². The molecule has 3 heterocycles. The van der Waals surface area contributed by atoms with E-state index in [1.807, 2.05) is 18.3 Å².